The Kier molecular flexibility index (Phi) is 3.87. The van der Waals surface area contributed by atoms with Crippen molar-refractivity contribution in [2.45, 2.75) is 40.3 Å². The van der Waals surface area contributed by atoms with Gasteiger partial charge in [-0.15, -0.1) is 0 Å². The summed E-state index contributed by atoms with van der Waals surface area (Å²) in [6.07, 6.45) is 0. The molecule has 0 bridgehead atoms. The van der Waals surface area contributed by atoms with Crippen molar-refractivity contribution in [2.75, 3.05) is 6.79 Å². The lowest BCUT2D eigenvalue weighted by atomic mass is 9.88. The van der Waals surface area contributed by atoms with Gasteiger partial charge in [0.2, 0.25) is 6.79 Å². The van der Waals surface area contributed by atoms with E-state index < -0.39 is 0 Å². The van der Waals surface area contributed by atoms with Gasteiger partial charge in [0.1, 0.15) is 0 Å². The second-order valence-corrected chi connectivity index (χ2v) is 6.63. The minimum Gasteiger partial charge on any atom is -0.454 e. The molecule has 1 atom stereocenters. The molecule has 0 aliphatic carbocycles. The van der Waals surface area contributed by atoms with Crippen LogP contribution in [0.15, 0.2) is 16.6 Å². The number of hydrogen-bond donors (Lipinski definition) is 1. The Labute approximate surface area is 117 Å². The van der Waals surface area contributed by atoms with Crippen molar-refractivity contribution in [2.24, 2.45) is 5.41 Å². The van der Waals surface area contributed by atoms with Crippen LogP contribution in [0.5, 0.6) is 11.5 Å². The van der Waals surface area contributed by atoms with Gasteiger partial charge >= 0.3 is 0 Å². The lowest BCUT2D eigenvalue weighted by Crippen LogP contribution is -2.37. The molecule has 1 aliphatic rings. The summed E-state index contributed by atoms with van der Waals surface area (Å²) < 4.78 is 11.7. The summed E-state index contributed by atoms with van der Waals surface area (Å²) in [5.41, 5.74) is 1.45. The SMILES string of the molecule is CC(NCc1cc(Br)c2c(c1)OCO2)C(C)(C)C. The first-order valence-electron chi connectivity index (χ1n) is 6.19. The highest BCUT2D eigenvalue weighted by Crippen LogP contribution is 2.40. The Bertz CT molecular complexity index is 440. The number of benzene rings is 1. The van der Waals surface area contributed by atoms with Crippen molar-refractivity contribution in [1.29, 1.82) is 0 Å². The molecule has 3 nitrogen and oxygen atoms in total. The van der Waals surface area contributed by atoms with Crippen LogP contribution in [-0.4, -0.2) is 12.8 Å². The first kappa shape index (κ1) is 13.7. The summed E-state index contributed by atoms with van der Waals surface area (Å²) in [4.78, 5) is 0. The Morgan fingerprint density at radius 2 is 2.06 bits per heavy atom. The van der Waals surface area contributed by atoms with Gasteiger partial charge < -0.3 is 14.8 Å². The summed E-state index contributed by atoms with van der Waals surface area (Å²) in [5.74, 6) is 1.63. The minimum absolute atomic E-state index is 0.258. The van der Waals surface area contributed by atoms with Crippen LogP contribution in [0.25, 0.3) is 0 Å². The molecular formula is C14H20BrNO2. The predicted molar refractivity (Wildman–Crippen MR) is 76.0 cm³/mol. The quantitative estimate of drug-likeness (QED) is 0.923. The van der Waals surface area contributed by atoms with Crippen molar-refractivity contribution >= 4 is 15.9 Å². The Morgan fingerprint density at radius 1 is 1.33 bits per heavy atom. The maximum Gasteiger partial charge on any atom is 0.231 e. The van der Waals surface area contributed by atoms with Crippen LogP contribution in [0.1, 0.15) is 33.3 Å². The highest BCUT2D eigenvalue weighted by molar-refractivity contribution is 9.10. The molecule has 1 aromatic carbocycles. The molecule has 1 unspecified atom stereocenters. The van der Waals surface area contributed by atoms with Gasteiger partial charge in [0, 0.05) is 12.6 Å². The van der Waals surface area contributed by atoms with Gasteiger partial charge in [-0.1, -0.05) is 20.8 Å². The molecule has 1 aromatic rings. The van der Waals surface area contributed by atoms with Crippen molar-refractivity contribution in [1.82, 2.24) is 5.32 Å². The third kappa shape index (κ3) is 2.98. The van der Waals surface area contributed by atoms with Crippen LogP contribution in [0.2, 0.25) is 0 Å². The van der Waals surface area contributed by atoms with Crippen molar-refractivity contribution in [3.05, 3.63) is 22.2 Å². The summed E-state index contributed by atoms with van der Waals surface area (Å²) in [6.45, 7) is 10.1. The van der Waals surface area contributed by atoms with Gasteiger partial charge in [0.25, 0.3) is 0 Å². The normalized spacial score (nSPS) is 15.8. The van der Waals surface area contributed by atoms with Crippen LogP contribution < -0.4 is 14.8 Å². The number of halogens is 1. The molecule has 0 saturated carbocycles. The summed E-state index contributed by atoms with van der Waals surface area (Å²) >= 11 is 3.51. The molecule has 4 heteroatoms. The van der Waals surface area contributed by atoms with Crippen LogP contribution in [0.4, 0.5) is 0 Å². The maximum absolute atomic E-state index is 5.41. The maximum atomic E-state index is 5.41. The molecule has 2 rings (SSSR count). The van der Waals surface area contributed by atoms with Crippen LogP contribution in [0, 0.1) is 5.41 Å². The predicted octanol–water partition coefficient (Wildman–Crippen LogP) is 3.70. The molecule has 1 aliphatic heterocycles. The van der Waals surface area contributed by atoms with Gasteiger partial charge in [-0.05, 0) is 46.0 Å². The number of fused-ring (bicyclic) bond motifs is 1. The zero-order chi connectivity index (χ0) is 13.3. The summed E-state index contributed by atoms with van der Waals surface area (Å²) in [5, 5.41) is 3.54. The summed E-state index contributed by atoms with van der Waals surface area (Å²) in [6, 6.07) is 4.56. The van der Waals surface area contributed by atoms with Gasteiger partial charge in [0.05, 0.1) is 4.47 Å². The van der Waals surface area contributed by atoms with Crippen LogP contribution in [0.3, 0.4) is 0 Å². The lowest BCUT2D eigenvalue weighted by molar-refractivity contribution is 0.173. The zero-order valence-corrected chi connectivity index (χ0v) is 12.9. The Hall–Kier alpha value is -0.740. The van der Waals surface area contributed by atoms with Gasteiger partial charge in [-0.2, -0.15) is 0 Å². The standard InChI is InChI=1S/C14H20BrNO2/c1-9(14(2,3)4)16-7-10-5-11(15)13-12(6-10)17-8-18-13/h5-6,9,16H,7-8H2,1-4H3. The van der Waals surface area contributed by atoms with Crippen molar-refractivity contribution in [3.8, 4) is 11.5 Å². The molecule has 1 N–H and O–H groups in total. The van der Waals surface area contributed by atoms with E-state index in [0.717, 1.165) is 22.5 Å². The molecule has 0 fully saturated rings. The smallest absolute Gasteiger partial charge is 0.231 e. The number of ether oxygens (including phenoxy) is 2. The molecule has 1 heterocycles. The molecule has 0 spiro atoms. The lowest BCUT2D eigenvalue weighted by Gasteiger charge is -2.28. The fourth-order valence-corrected chi connectivity index (χ4v) is 2.30. The second kappa shape index (κ2) is 5.10. The van der Waals surface area contributed by atoms with E-state index in [1.54, 1.807) is 0 Å². The fraction of sp³-hybridized carbons (Fsp3) is 0.571. The minimum atomic E-state index is 0.258. The number of nitrogens with one attached hydrogen (secondary N) is 1. The third-order valence-electron chi connectivity index (χ3n) is 3.40. The van der Waals surface area contributed by atoms with E-state index >= 15 is 0 Å². The highest BCUT2D eigenvalue weighted by atomic mass is 79.9. The molecule has 0 aromatic heterocycles. The van der Waals surface area contributed by atoms with Crippen LogP contribution in [-0.2, 0) is 6.54 Å². The second-order valence-electron chi connectivity index (χ2n) is 5.78. The highest BCUT2D eigenvalue weighted by Gasteiger charge is 2.21. The first-order valence-corrected chi connectivity index (χ1v) is 6.98. The van der Waals surface area contributed by atoms with Gasteiger partial charge in [-0.25, -0.2) is 0 Å². The van der Waals surface area contributed by atoms with Crippen LogP contribution >= 0.6 is 15.9 Å². The molecule has 0 saturated heterocycles. The molecule has 100 valence electrons. The largest absolute Gasteiger partial charge is 0.454 e. The average Bonchev–Trinajstić information content (AvgIpc) is 2.73. The third-order valence-corrected chi connectivity index (χ3v) is 3.99. The van der Waals surface area contributed by atoms with E-state index in [-0.39, 0.29) is 5.41 Å². The molecule has 18 heavy (non-hydrogen) atoms. The Balaban J connectivity index is 2.05. The number of rotatable bonds is 3. The van der Waals surface area contributed by atoms with E-state index in [1.807, 2.05) is 6.07 Å². The average molecular weight is 314 g/mol. The van der Waals surface area contributed by atoms with Crippen molar-refractivity contribution in [3.63, 3.8) is 0 Å². The molecule has 0 radical (unpaired) electrons. The van der Waals surface area contributed by atoms with Gasteiger partial charge in [-0.3, -0.25) is 0 Å². The van der Waals surface area contributed by atoms with E-state index in [1.165, 1.54) is 5.56 Å². The fourth-order valence-electron chi connectivity index (χ4n) is 1.70. The summed E-state index contributed by atoms with van der Waals surface area (Å²) in [7, 11) is 0. The number of hydrogen-bond acceptors (Lipinski definition) is 3. The van der Waals surface area contributed by atoms with E-state index in [2.05, 4.69) is 55.0 Å². The molecular weight excluding hydrogens is 294 g/mol. The first-order chi connectivity index (χ1) is 8.38. The van der Waals surface area contributed by atoms with E-state index in [9.17, 15) is 0 Å². The van der Waals surface area contributed by atoms with Gasteiger partial charge in [0.15, 0.2) is 11.5 Å². The van der Waals surface area contributed by atoms with E-state index in [4.69, 9.17) is 9.47 Å². The topological polar surface area (TPSA) is 30.5 Å². The Morgan fingerprint density at radius 3 is 2.72 bits per heavy atom. The van der Waals surface area contributed by atoms with E-state index in [0.29, 0.717) is 12.8 Å². The monoisotopic (exact) mass is 313 g/mol. The van der Waals surface area contributed by atoms with Crippen molar-refractivity contribution < 1.29 is 9.47 Å². The molecule has 0 amide bonds. The zero-order valence-electron chi connectivity index (χ0n) is 11.3.